The molecule has 4 rings (SSSR count). The van der Waals surface area contributed by atoms with Crippen molar-refractivity contribution in [3.05, 3.63) is 53.5 Å². The predicted molar refractivity (Wildman–Crippen MR) is 94.8 cm³/mol. The van der Waals surface area contributed by atoms with Gasteiger partial charge >= 0.3 is 0 Å². The normalized spacial score (nSPS) is 23.6. The second-order valence-corrected chi connectivity index (χ2v) is 6.99. The molecule has 25 heavy (non-hydrogen) atoms. The van der Waals surface area contributed by atoms with E-state index in [0.29, 0.717) is 11.8 Å². The van der Waals surface area contributed by atoms with Crippen molar-refractivity contribution in [3.8, 4) is 5.75 Å². The molecule has 2 unspecified atom stereocenters. The largest absolute Gasteiger partial charge is 0.497 e. The van der Waals surface area contributed by atoms with E-state index in [4.69, 9.17) is 9.15 Å². The molecule has 0 radical (unpaired) electrons. The third kappa shape index (κ3) is 3.16. The van der Waals surface area contributed by atoms with Gasteiger partial charge in [-0.3, -0.25) is 9.69 Å². The Morgan fingerprint density at radius 3 is 2.80 bits per heavy atom. The number of nitrogens with one attached hydrogen (secondary N) is 1. The summed E-state index contributed by atoms with van der Waals surface area (Å²) in [4.78, 5) is 15.2. The van der Waals surface area contributed by atoms with Crippen LogP contribution in [-0.2, 0) is 0 Å². The molecular formula is C20H24N2O3. The third-order valence-electron chi connectivity index (χ3n) is 5.27. The van der Waals surface area contributed by atoms with Gasteiger partial charge < -0.3 is 14.5 Å². The number of methoxy groups -OCH3 is 1. The smallest absolute Gasteiger partial charge is 0.287 e. The Hall–Kier alpha value is -2.27. The van der Waals surface area contributed by atoms with E-state index < -0.39 is 0 Å². The van der Waals surface area contributed by atoms with Gasteiger partial charge in [-0.05, 0) is 49.9 Å². The van der Waals surface area contributed by atoms with Crippen molar-refractivity contribution >= 4 is 5.91 Å². The molecule has 1 N–H and O–H groups in total. The monoisotopic (exact) mass is 340 g/mol. The van der Waals surface area contributed by atoms with Crippen molar-refractivity contribution in [2.75, 3.05) is 13.7 Å². The highest BCUT2D eigenvalue weighted by atomic mass is 16.5. The number of hydrogen-bond acceptors (Lipinski definition) is 4. The van der Waals surface area contributed by atoms with Crippen LogP contribution in [0.4, 0.5) is 0 Å². The summed E-state index contributed by atoms with van der Waals surface area (Å²) < 4.78 is 10.8. The number of carbonyl (C=O) groups excluding carboxylic acids is 1. The van der Waals surface area contributed by atoms with E-state index >= 15 is 0 Å². The summed E-state index contributed by atoms with van der Waals surface area (Å²) >= 11 is 0. The average Bonchev–Trinajstić information content (AvgIpc) is 3.25. The summed E-state index contributed by atoms with van der Waals surface area (Å²) in [6.45, 7) is 2.90. The molecule has 2 atom stereocenters. The molecule has 2 fully saturated rings. The quantitative estimate of drug-likeness (QED) is 0.907. The minimum absolute atomic E-state index is 0.0738. The maximum Gasteiger partial charge on any atom is 0.287 e. The lowest BCUT2D eigenvalue weighted by molar-refractivity contribution is 0.0894. The van der Waals surface area contributed by atoms with Crippen LogP contribution >= 0.6 is 0 Å². The Morgan fingerprint density at radius 1 is 1.28 bits per heavy atom. The maximum absolute atomic E-state index is 12.6. The van der Waals surface area contributed by atoms with E-state index in [9.17, 15) is 4.79 Å². The number of aryl methyl sites for hydroxylation is 1. The molecule has 5 nitrogen and oxygen atoms in total. The molecule has 1 saturated heterocycles. The van der Waals surface area contributed by atoms with Crippen LogP contribution in [0, 0.1) is 6.92 Å². The molecule has 1 saturated carbocycles. The van der Waals surface area contributed by atoms with Crippen LogP contribution in [0.1, 0.15) is 47.0 Å². The number of rotatable bonds is 5. The Morgan fingerprint density at radius 2 is 2.12 bits per heavy atom. The van der Waals surface area contributed by atoms with Gasteiger partial charge in [0.15, 0.2) is 5.76 Å². The molecule has 2 heterocycles. The van der Waals surface area contributed by atoms with Crippen LogP contribution in [0.3, 0.4) is 0 Å². The van der Waals surface area contributed by atoms with Gasteiger partial charge in [0.25, 0.3) is 5.91 Å². The number of benzene rings is 1. The van der Waals surface area contributed by atoms with E-state index in [1.165, 1.54) is 18.4 Å². The summed E-state index contributed by atoms with van der Waals surface area (Å²) in [7, 11) is 1.69. The zero-order valence-corrected chi connectivity index (χ0v) is 14.7. The second kappa shape index (κ2) is 6.56. The SMILES string of the molecule is COc1cccc(C2C(NC(=O)c3occc3C)CCN2C2CC2)c1. The highest BCUT2D eigenvalue weighted by Gasteiger charge is 2.43. The molecule has 0 spiro atoms. The summed E-state index contributed by atoms with van der Waals surface area (Å²) in [6, 6.07) is 10.9. The fraction of sp³-hybridized carbons (Fsp3) is 0.450. The molecule has 1 aromatic carbocycles. The number of carbonyl (C=O) groups is 1. The van der Waals surface area contributed by atoms with Gasteiger partial charge in [0.2, 0.25) is 0 Å². The van der Waals surface area contributed by atoms with Gasteiger partial charge in [0.1, 0.15) is 5.75 Å². The number of nitrogens with zero attached hydrogens (tertiary/aromatic N) is 1. The fourth-order valence-electron chi connectivity index (χ4n) is 3.87. The molecule has 0 bridgehead atoms. The van der Waals surface area contributed by atoms with Crippen molar-refractivity contribution < 1.29 is 13.9 Å². The molecule has 132 valence electrons. The highest BCUT2D eigenvalue weighted by molar-refractivity contribution is 5.93. The Balaban J connectivity index is 1.59. The number of hydrogen-bond donors (Lipinski definition) is 1. The Kier molecular flexibility index (Phi) is 4.25. The van der Waals surface area contributed by atoms with Crippen LogP contribution < -0.4 is 10.1 Å². The molecule has 2 aromatic rings. The molecule has 1 aliphatic heterocycles. The first-order valence-corrected chi connectivity index (χ1v) is 8.92. The second-order valence-electron chi connectivity index (χ2n) is 6.99. The van der Waals surface area contributed by atoms with E-state index in [2.05, 4.69) is 22.3 Å². The van der Waals surface area contributed by atoms with Gasteiger partial charge in [0.05, 0.1) is 25.5 Å². The van der Waals surface area contributed by atoms with Crippen molar-refractivity contribution in [1.29, 1.82) is 0 Å². The van der Waals surface area contributed by atoms with E-state index in [1.54, 1.807) is 13.4 Å². The van der Waals surface area contributed by atoms with E-state index in [-0.39, 0.29) is 18.0 Å². The van der Waals surface area contributed by atoms with Gasteiger partial charge in [-0.1, -0.05) is 12.1 Å². The lowest BCUT2D eigenvalue weighted by Gasteiger charge is -2.29. The molecular weight excluding hydrogens is 316 g/mol. The lowest BCUT2D eigenvalue weighted by atomic mass is 9.99. The van der Waals surface area contributed by atoms with E-state index in [1.807, 2.05) is 25.1 Å². The predicted octanol–water partition coefficient (Wildman–Crippen LogP) is 3.30. The number of likely N-dealkylation sites (tertiary alicyclic amines) is 1. The highest BCUT2D eigenvalue weighted by Crippen LogP contribution is 2.41. The summed E-state index contributed by atoms with van der Waals surface area (Å²) in [5.41, 5.74) is 2.07. The van der Waals surface area contributed by atoms with Crippen LogP contribution in [-0.4, -0.2) is 36.5 Å². The average molecular weight is 340 g/mol. The molecule has 5 heteroatoms. The van der Waals surface area contributed by atoms with Gasteiger partial charge in [-0.15, -0.1) is 0 Å². The molecule has 2 aliphatic rings. The third-order valence-corrected chi connectivity index (χ3v) is 5.27. The minimum atomic E-state index is -0.127. The standard InChI is InChI=1S/C20H24N2O3/c1-13-9-11-25-19(13)20(23)21-17-8-10-22(15-6-7-15)18(17)14-4-3-5-16(12-14)24-2/h3-5,9,11-12,15,17-18H,6-8,10H2,1-2H3,(H,21,23). The zero-order valence-electron chi connectivity index (χ0n) is 14.7. The Labute approximate surface area is 148 Å². The number of furan rings is 1. The summed E-state index contributed by atoms with van der Waals surface area (Å²) in [5, 5.41) is 3.21. The van der Waals surface area contributed by atoms with E-state index in [0.717, 1.165) is 24.3 Å². The van der Waals surface area contributed by atoms with Crippen molar-refractivity contribution in [3.63, 3.8) is 0 Å². The van der Waals surface area contributed by atoms with Crippen LogP contribution in [0.25, 0.3) is 0 Å². The number of ether oxygens (including phenoxy) is 1. The fourth-order valence-corrected chi connectivity index (χ4v) is 3.87. The molecule has 1 aromatic heterocycles. The van der Waals surface area contributed by atoms with Crippen LogP contribution in [0.2, 0.25) is 0 Å². The van der Waals surface area contributed by atoms with Gasteiger partial charge in [0, 0.05) is 18.2 Å². The summed E-state index contributed by atoms with van der Waals surface area (Å²) in [5.74, 6) is 1.14. The zero-order chi connectivity index (χ0) is 17.4. The Bertz CT molecular complexity index is 766. The molecule has 1 aliphatic carbocycles. The first-order chi connectivity index (χ1) is 12.2. The van der Waals surface area contributed by atoms with Crippen LogP contribution in [0.15, 0.2) is 41.0 Å². The van der Waals surface area contributed by atoms with Crippen molar-refractivity contribution in [2.45, 2.75) is 44.3 Å². The first kappa shape index (κ1) is 16.2. The summed E-state index contributed by atoms with van der Waals surface area (Å²) in [6.07, 6.45) is 5.01. The first-order valence-electron chi connectivity index (χ1n) is 8.92. The maximum atomic E-state index is 12.6. The van der Waals surface area contributed by atoms with Gasteiger partial charge in [-0.25, -0.2) is 0 Å². The van der Waals surface area contributed by atoms with Gasteiger partial charge in [-0.2, -0.15) is 0 Å². The lowest BCUT2D eigenvalue weighted by Crippen LogP contribution is -2.40. The molecule has 1 amide bonds. The van der Waals surface area contributed by atoms with Crippen molar-refractivity contribution in [2.24, 2.45) is 0 Å². The topological polar surface area (TPSA) is 54.7 Å². The van der Waals surface area contributed by atoms with Crippen molar-refractivity contribution in [1.82, 2.24) is 10.2 Å². The number of amides is 1. The minimum Gasteiger partial charge on any atom is -0.497 e. The van der Waals surface area contributed by atoms with Crippen LogP contribution in [0.5, 0.6) is 5.75 Å².